The van der Waals surface area contributed by atoms with Gasteiger partial charge < -0.3 is 24.6 Å². The van der Waals surface area contributed by atoms with Gasteiger partial charge in [0, 0.05) is 30.5 Å². The molecule has 8 nitrogen and oxygen atoms in total. The number of methoxy groups -OCH3 is 1. The van der Waals surface area contributed by atoms with E-state index in [1.807, 2.05) is 0 Å². The summed E-state index contributed by atoms with van der Waals surface area (Å²) in [5, 5.41) is 12.7. The normalized spacial score (nSPS) is 24.3. The van der Waals surface area contributed by atoms with Crippen LogP contribution < -0.4 is 5.32 Å². The summed E-state index contributed by atoms with van der Waals surface area (Å²) in [4.78, 5) is 12.5. The number of ether oxygens (including phenoxy) is 3. The van der Waals surface area contributed by atoms with Gasteiger partial charge in [-0.2, -0.15) is 0 Å². The predicted octanol–water partition coefficient (Wildman–Crippen LogP) is 4.38. The van der Waals surface area contributed by atoms with Crippen molar-refractivity contribution in [1.82, 2.24) is 0 Å². The van der Waals surface area contributed by atoms with Crippen LogP contribution in [0.5, 0.6) is 0 Å². The van der Waals surface area contributed by atoms with Gasteiger partial charge in [0.25, 0.3) is 5.91 Å². The quantitative estimate of drug-likeness (QED) is 0.273. The molecule has 220 valence electrons. The third kappa shape index (κ3) is 6.47. The Bertz CT molecular complexity index is 1310. The Morgan fingerprint density at radius 2 is 1.62 bits per heavy atom. The predicted molar refractivity (Wildman–Crippen MR) is 141 cm³/mol. The molecule has 2 saturated carbocycles. The molecule has 0 aliphatic heterocycles. The molecular weight excluding hydrogens is 575 g/mol. The lowest BCUT2D eigenvalue weighted by atomic mass is 9.75. The molecule has 2 aliphatic rings. The molecule has 0 heterocycles. The molecule has 0 saturated heterocycles. The Labute approximate surface area is 235 Å². The largest absolute Gasteiger partial charge is 0.387 e. The van der Waals surface area contributed by atoms with Crippen LogP contribution in [0.2, 0.25) is 5.02 Å². The first-order chi connectivity index (χ1) is 19.0. The lowest BCUT2D eigenvalue weighted by molar-refractivity contribution is -0.119. The summed E-state index contributed by atoms with van der Waals surface area (Å²) in [5.74, 6) is -6.10. The number of hydrogen-bond acceptors (Lipinski definition) is 7. The highest BCUT2D eigenvalue weighted by Crippen LogP contribution is 2.52. The van der Waals surface area contributed by atoms with Crippen LogP contribution in [-0.2, 0) is 24.0 Å². The summed E-state index contributed by atoms with van der Waals surface area (Å²) in [7, 11) is -2.44. The van der Waals surface area contributed by atoms with Gasteiger partial charge in [-0.05, 0) is 55.7 Å². The van der Waals surface area contributed by atoms with E-state index in [1.54, 1.807) is 7.11 Å². The molecule has 2 fully saturated rings. The second-order valence-electron chi connectivity index (χ2n) is 10.1. The highest BCUT2D eigenvalue weighted by atomic mass is 35.5. The second-order valence-corrected chi connectivity index (χ2v) is 12.7. The molecule has 2 N–H and O–H groups in total. The van der Waals surface area contributed by atoms with Gasteiger partial charge >= 0.3 is 0 Å². The maximum atomic E-state index is 13.7. The molecule has 2 bridgehead atoms. The fraction of sp³-hybridized carbons (Fsp3) is 0.519. The third-order valence-corrected chi connectivity index (χ3v) is 10.3. The highest BCUT2D eigenvalue weighted by Gasteiger charge is 2.55. The van der Waals surface area contributed by atoms with Crippen molar-refractivity contribution in [1.29, 1.82) is 0 Å². The van der Waals surface area contributed by atoms with Crippen LogP contribution in [0.4, 0.5) is 18.9 Å². The van der Waals surface area contributed by atoms with Gasteiger partial charge in [-0.15, -0.1) is 0 Å². The van der Waals surface area contributed by atoms with Gasteiger partial charge in [0.2, 0.25) is 0 Å². The van der Waals surface area contributed by atoms with E-state index in [-0.39, 0.29) is 59.1 Å². The first kappa shape index (κ1) is 30.7. The summed E-state index contributed by atoms with van der Waals surface area (Å²) in [6.07, 6.45) is 1.71. The zero-order valence-corrected chi connectivity index (χ0v) is 23.4. The Morgan fingerprint density at radius 3 is 2.25 bits per heavy atom. The number of anilines is 1. The van der Waals surface area contributed by atoms with Crippen molar-refractivity contribution in [3.63, 3.8) is 0 Å². The Hall–Kier alpha value is -2.22. The standard InChI is InChI=1S/C27H31ClF3NO7S/c1-37-6-7-38-8-9-39-15-27(34)17-3-4-18(27)12-20(11-17)40(35,36)24-10-16(2-5-21(24)28)26(33)32-19-13-22(29)25(31)23(30)14-19/h2,5,10,13-14,17-18,20,34H,3-4,6-9,11-12,15H2,1H3,(H,32,33)/t17-,18?,20-,27-/m0/s1. The number of fused-ring (bicyclic) bond motifs is 2. The maximum absolute atomic E-state index is 13.7. The number of nitrogens with one attached hydrogen (secondary N) is 1. The molecule has 0 aromatic heterocycles. The van der Waals surface area contributed by atoms with Gasteiger partial charge in [-0.25, -0.2) is 21.6 Å². The summed E-state index contributed by atoms with van der Waals surface area (Å²) < 4.78 is 83.6. The summed E-state index contributed by atoms with van der Waals surface area (Å²) in [6.45, 7) is 1.61. The van der Waals surface area contributed by atoms with Crippen molar-refractivity contribution in [3.05, 3.63) is 58.4 Å². The van der Waals surface area contributed by atoms with Crippen molar-refractivity contribution in [3.8, 4) is 0 Å². The number of sulfone groups is 1. The minimum atomic E-state index is -4.02. The molecule has 4 atom stereocenters. The number of rotatable bonds is 12. The van der Waals surface area contributed by atoms with Gasteiger partial charge in [0.05, 0.1) is 53.8 Å². The molecule has 0 spiro atoms. The van der Waals surface area contributed by atoms with Gasteiger partial charge in [-0.1, -0.05) is 11.6 Å². The summed E-state index contributed by atoms with van der Waals surface area (Å²) in [6, 6.07) is 4.86. The Balaban J connectivity index is 1.44. The van der Waals surface area contributed by atoms with E-state index in [9.17, 15) is 31.5 Å². The van der Waals surface area contributed by atoms with Crippen LogP contribution in [0, 0.1) is 29.3 Å². The SMILES string of the molecule is COCCOCCOC[C@@]1(O)C2CC[C@H]1C[C@H](S(=O)(=O)c1cc(C(=O)Nc3cc(F)c(F)c(F)c3)ccc1Cl)C2. The fourth-order valence-electron chi connectivity index (χ4n) is 5.57. The summed E-state index contributed by atoms with van der Waals surface area (Å²) in [5.41, 5.74) is -1.61. The number of carbonyl (C=O) groups excluding carboxylic acids is 1. The molecule has 4 rings (SSSR count). The first-order valence-electron chi connectivity index (χ1n) is 12.8. The summed E-state index contributed by atoms with van der Waals surface area (Å²) >= 11 is 6.26. The van der Waals surface area contributed by atoms with Crippen LogP contribution in [-0.4, -0.2) is 70.4 Å². The van der Waals surface area contributed by atoms with E-state index < -0.39 is 44.0 Å². The van der Waals surface area contributed by atoms with Gasteiger partial charge in [-0.3, -0.25) is 4.79 Å². The van der Waals surface area contributed by atoms with Crippen LogP contribution in [0.25, 0.3) is 0 Å². The van der Waals surface area contributed by atoms with Crippen LogP contribution >= 0.6 is 11.6 Å². The zero-order valence-electron chi connectivity index (χ0n) is 21.8. The minimum Gasteiger partial charge on any atom is -0.387 e. The molecular formula is C27H31ClF3NO7S. The lowest BCUT2D eigenvalue weighted by Gasteiger charge is -2.42. The van der Waals surface area contributed by atoms with E-state index >= 15 is 0 Å². The molecule has 2 aromatic carbocycles. The molecule has 1 unspecified atom stereocenters. The molecule has 40 heavy (non-hydrogen) atoms. The first-order valence-corrected chi connectivity index (χ1v) is 14.8. The zero-order chi connectivity index (χ0) is 29.1. The topological polar surface area (TPSA) is 111 Å². The van der Waals surface area contributed by atoms with E-state index in [0.29, 0.717) is 44.8 Å². The van der Waals surface area contributed by atoms with Gasteiger partial charge in [0.15, 0.2) is 27.3 Å². The number of amides is 1. The molecule has 0 radical (unpaired) electrons. The monoisotopic (exact) mass is 605 g/mol. The number of halogens is 4. The van der Waals surface area contributed by atoms with Crippen LogP contribution in [0.3, 0.4) is 0 Å². The number of hydrogen-bond donors (Lipinski definition) is 2. The molecule has 2 aromatic rings. The van der Waals surface area contributed by atoms with E-state index in [2.05, 4.69) is 5.32 Å². The van der Waals surface area contributed by atoms with E-state index in [4.69, 9.17) is 25.8 Å². The van der Waals surface area contributed by atoms with Crippen LogP contribution in [0.15, 0.2) is 35.2 Å². The number of carbonyl (C=O) groups is 1. The van der Waals surface area contributed by atoms with Crippen molar-refractivity contribution in [2.75, 3.05) is 45.5 Å². The van der Waals surface area contributed by atoms with E-state index in [1.165, 1.54) is 12.1 Å². The van der Waals surface area contributed by atoms with Crippen LogP contribution in [0.1, 0.15) is 36.0 Å². The third-order valence-electron chi connectivity index (χ3n) is 7.69. The smallest absolute Gasteiger partial charge is 0.255 e. The fourth-order valence-corrected chi connectivity index (χ4v) is 7.97. The van der Waals surface area contributed by atoms with Crippen molar-refractivity contribution in [2.45, 2.75) is 41.4 Å². The highest BCUT2D eigenvalue weighted by molar-refractivity contribution is 7.92. The lowest BCUT2D eigenvalue weighted by Crippen LogP contribution is -2.51. The molecule has 1 amide bonds. The average Bonchev–Trinajstić information content (AvgIpc) is 3.06. The minimum absolute atomic E-state index is 0.0731. The molecule has 13 heteroatoms. The second kappa shape index (κ2) is 12.7. The van der Waals surface area contributed by atoms with Crippen molar-refractivity contribution >= 4 is 33.0 Å². The number of aliphatic hydroxyl groups is 1. The molecule has 2 aliphatic carbocycles. The number of benzene rings is 2. The van der Waals surface area contributed by atoms with Crippen molar-refractivity contribution < 1.29 is 45.7 Å². The van der Waals surface area contributed by atoms with Gasteiger partial charge in [0.1, 0.15) is 0 Å². The Morgan fingerprint density at radius 1 is 1.02 bits per heavy atom. The van der Waals surface area contributed by atoms with E-state index in [0.717, 1.165) is 6.07 Å². The Kier molecular flexibility index (Phi) is 9.79. The van der Waals surface area contributed by atoms with Crippen molar-refractivity contribution in [2.24, 2.45) is 11.8 Å². The average molecular weight is 606 g/mol. The maximum Gasteiger partial charge on any atom is 0.255 e.